The van der Waals surface area contributed by atoms with Gasteiger partial charge in [-0.2, -0.15) is 0 Å². The van der Waals surface area contributed by atoms with Crippen molar-refractivity contribution in [3.63, 3.8) is 0 Å². The second-order valence-electron chi connectivity index (χ2n) is 4.57. The average Bonchev–Trinajstić information content (AvgIpc) is 2.80. The molecule has 2 N–H and O–H groups in total. The summed E-state index contributed by atoms with van der Waals surface area (Å²) in [5, 5.41) is 3.26. The molecule has 19 heavy (non-hydrogen) atoms. The van der Waals surface area contributed by atoms with Crippen molar-refractivity contribution in [2.75, 3.05) is 13.6 Å². The second kappa shape index (κ2) is 7.14. The maximum Gasteiger partial charge on any atom is 0.0941 e. The molecule has 102 valence electrons. The molecule has 0 saturated carbocycles. The van der Waals surface area contributed by atoms with Gasteiger partial charge >= 0.3 is 0 Å². The van der Waals surface area contributed by atoms with Crippen molar-refractivity contribution < 1.29 is 0 Å². The lowest BCUT2D eigenvalue weighted by Gasteiger charge is -2.15. The van der Waals surface area contributed by atoms with E-state index >= 15 is 0 Å². The number of halogens is 1. The Morgan fingerprint density at radius 2 is 2.00 bits per heavy atom. The van der Waals surface area contributed by atoms with Crippen molar-refractivity contribution in [2.24, 2.45) is 5.73 Å². The predicted octanol–water partition coefficient (Wildman–Crippen LogP) is 3.04. The summed E-state index contributed by atoms with van der Waals surface area (Å²) in [6.45, 7) is 2.47. The van der Waals surface area contributed by atoms with E-state index in [1.807, 2.05) is 0 Å². The van der Waals surface area contributed by atoms with E-state index in [1.54, 1.807) is 11.3 Å². The van der Waals surface area contributed by atoms with Crippen LogP contribution in [0.15, 0.2) is 34.1 Å². The van der Waals surface area contributed by atoms with Gasteiger partial charge in [0.25, 0.3) is 0 Å². The fourth-order valence-electron chi connectivity index (χ4n) is 1.89. The number of aromatic nitrogens is 1. The van der Waals surface area contributed by atoms with Gasteiger partial charge in [0.2, 0.25) is 0 Å². The molecule has 2 rings (SSSR count). The third-order valence-corrected chi connectivity index (χ3v) is 4.24. The van der Waals surface area contributed by atoms with Crippen LogP contribution in [-0.2, 0) is 19.5 Å². The van der Waals surface area contributed by atoms with Crippen LogP contribution >= 0.6 is 27.3 Å². The molecule has 0 fully saturated rings. The molecule has 0 unspecified atom stereocenters. The van der Waals surface area contributed by atoms with Crippen LogP contribution in [0, 0.1) is 0 Å². The first kappa shape index (κ1) is 14.7. The Labute approximate surface area is 126 Å². The Kier molecular flexibility index (Phi) is 5.51. The molecule has 0 aliphatic heterocycles. The number of nitrogens with zero attached hydrogens (tertiary/aromatic N) is 2. The molecule has 0 radical (unpaired) electrons. The highest BCUT2D eigenvalue weighted by Crippen LogP contribution is 2.15. The number of thiazole rings is 1. The Bertz CT molecular complexity index is 510. The van der Waals surface area contributed by atoms with Crippen LogP contribution in [0.1, 0.15) is 16.3 Å². The lowest BCUT2D eigenvalue weighted by atomic mass is 10.2. The van der Waals surface area contributed by atoms with E-state index in [0.29, 0.717) is 6.54 Å². The van der Waals surface area contributed by atoms with E-state index in [2.05, 4.69) is 62.5 Å². The first-order valence-corrected chi connectivity index (χ1v) is 7.91. The SMILES string of the molecule is CN(Cc1ccc(Br)cc1)Cc1csc(CCN)n1. The number of hydrogen-bond donors (Lipinski definition) is 1. The van der Waals surface area contributed by atoms with E-state index in [9.17, 15) is 0 Å². The van der Waals surface area contributed by atoms with E-state index in [-0.39, 0.29) is 0 Å². The van der Waals surface area contributed by atoms with Crippen molar-refractivity contribution in [1.29, 1.82) is 0 Å². The summed E-state index contributed by atoms with van der Waals surface area (Å²) >= 11 is 5.15. The van der Waals surface area contributed by atoms with Crippen molar-refractivity contribution >= 4 is 27.3 Å². The van der Waals surface area contributed by atoms with Crippen LogP contribution in [0.4, 0.5) is 0 Å². The summed E-state index contributed by atoms with van der Waals surface area (Å²) in [6, 6.07) is 8.43. The summed E-state index contributed by atoms with van der Waals surface area (Å²) in [5.74, 6) is 0. The number of hydrogen-bond acceptors (Lipinski definition) is 4. The zero-order valence-electron chi connectivity index (χ0n) is 11.0. The van der Waals surface area contributed by atoms with E-state index < -0.39 is 0 Å². The summed E-state index contributed by atoms with van der Waals surface area (Å²) in [5.41, 5.74) is 7.98. The highest BCUT2D eigenvalue weighted by molar-refractivity contribution is 9.10. The molecule has 0 bridgehead atoms. The summed E-state index contributed by atoms with van der Waals surface area (Å²) < 4.78 is 1.12. The van der Waals surface area contributed by atoms with Crippen LogP contribution < -0.4 is 5.73 Å². The van der Waals surface area contributed by atoms with Gasteiger partial charge in [0, 0.05) is 29.4 Å². The molecule has 0 aliphatic rings. The molecule has 0 atom stereocenters. The van der Waals surface area contributed by atoms with Gasteiger partial charge < -0.3 is 5.73 Å². The normalized spacial score (nSPS) is 11.2. The molecule has 1 aromatic heterocycles. The standard InChI is InChI=1S/C14H18BrN3S/c1-18(8-11-2-4-12(15)5-3-11)9-13-10-19-14(17-13)6-7-16/h2-5,10H,6-9,16H2,1H3. The van der Waals surface area contributed by atoms with E-state index in [0.717, 1.165) is 34.7 Å². The van der Waals surface area contributed by atoms with Crippen molar-refractivity contribution in [3.05, 3.63) is 50.4 Å². The Morgan fingerprint density at radius 3 is 2.68 bits per heavy atom. The highest BCUT2D eigenvalue weighted by atomic mass is 79.9. The van der Waals surface area contributed by atoms with Crippen LogP contribution in [0.2, 0.25) is 0 Å². The topological polar surface area (TPSA) is 42.1 Å². The Hall–Kier alpha value is -0.750. The number of nitrogens with two attached hydrogens (primary N) is 1. The molecule has 1 aromatic carbocycles. The van der Waals surface area contributed by atoms with E-state index in [1.165, 1.54) is 5.56 Å². The van der Waals surface area contributed by atoms with Gasteiger partial charge in [-0.25, -0.2) is 4.98 Å². The summed E-state index contributed by atoms with van der Waals surface area (Å²) in [6.07, 6.45) is 0.876. The van der Waals surface area contributed by atoms with Gasteiger partial charge in [0.05, 0.1) is 10.7 Å². The van der Waals surface area contributed by atoms with Crippen molar-refractivity contribution in [1.82, 2.24) is 9.88 Å². The zero-order chi connectivity index (χ0) is 13.7. The van der Waals surface area contributed by atoms with Gasteiger partial charge in [-0.1, -0.05) is 28.1 Å². The molecular formula is C14H18BrN3S. The first-order chi connectivity index (χ1) is 9.17. The fraction of sp³-hybridized carbons (Fsp3) is 0.357. The van der Waals surface area contributed by atoms with Gasteiger partial charge in [-0.05, 0) is 31.3 Å². The van der Waals surface area contributed by atoms with Crippen LogP contribution in [0.3, 0.4) is 0 Å². The fourth-order valence-corrected chi connectivity index (χ4v) is 2.96. The molecule has 0 amide bonds. The van der Waals surface area contributed by atoms with Crippen molar-refractivity contribution in [3.8, 4) is 0 Å². The molecule has 5 heteroatoms. The Balaban J connectivity index is 1.89. The minimum Gasteiger partial charge on any atom is -0.330 e. The maximum atomic E-state index is 5.54. The monoisotopic (exact) mass is 339 g/mol. The average molecular weight is 340 g/mol. The molecule has 2 aromatic rings. The lowest BCUT2D eigenvalue weighted by molar-refractivity contribution is 0.315. The molecule has 0 saturated heterocycles. The van der Waals surface area contributed by atoms with E-state index in [4.69, 9.17) is 5.73 Å². The predicted molar refractivity (Wildman–Crippen MR) is 84.2 cm³/mol. The number of benzene rings is 1. The third kappa shape index (κ3) is 4.69. The smallest absolute Gasteiger partial charge is 0.0941 e. The Morgan fingerprint density at radius 1 is 1.26 bits per heavy atom. The van der Waals surface area contributed by atoms with Crippen LogP contribution in [0.25, 0.3) is 0 Å². The molecule has 0 aliphatic carbocycles. The van der Waals surface area contributed by atoms with Gasteiger partial charge in [-0.15, -0.1) is 11.3 Å². The van der Waals surface area contributed by atoms with Crippen molar-refractivity contribution in [2.45, 2.75) is 19.5 Å². The molecule has 3 nitrogen and oxygen atoms in total. The summed E-state index contributed by atoms with van der Waals surface area (Å²) in [4.78, 5) is 6.85. The summed E-state index contributed by atoms with van der Waals surface area (Å²) in [7, 11) is 2.12. The minimum absolute atomic E-state index is 0.668. The zero-order valence-corrected chi connectivity index (χ0v) is 13.4. The highest BCUT2D eigenvalue weighted by Gasteiger charge is 2.06. The largest absolute Gasteiger partial charge is 0.330 e. The quantitative estimate of drug-likeness (QED) is 0.879. The molecule has 1 heterocycles. The molecular weight excluding hydrogens is 322 g/mol. The van der Waals surface area contributed by atoms with Gasteiger partial charge in [0.1, 0.15) is 0 Å². The second-order valence-corrected chi connectivity index (χ2v) is 6.43. The maximum absolute atomic E-state index is 5.54. The first-order valence-electron chi connectivity index (χ1n) is 6.23. The number of rotatable bonds is 6. The third-order valence-electron chi connectivity index (χ3n) is 2.76. The lowest BCUT2D eigenvalue weighted by Crippen LogP contribution is -2.17. The van der Waals surface area contributed by atoms with Crippen LogP contribution in [-0.4, -0.2) is 23.5 Å². The van der Waals surface area contributed by atoms with Gasteiger partial charge in [0.15, 0.2) is 0 Å². The van der Waals surface area contributed by atoms with Gasteiger partial charge in [-0.3, -0.25) is 4.90 Å². The van der Waals surface area contributed by atoms with Crippen LogP contribution in [0.5, 0.6) is 0 Å². The molecule has 0 spiro atoms. The minimum atomic E-state index is 0.668.